The number of rotatable bonds is 5. The lowest BCUT2D eigenvalue weighted by Gasteiger charge is -2.22. The van der Waals surface area contributed by atoms with Gasteiger partial charge in [0.15, 0.2) is 11.6 Å². The van der Waals surface area contributed by atoms with Gasteiger partial charge in [0.25, 0.3) is 0 Å². The number of benzene rings is 1. The molecule has 4 nitrogen and oxygen atoms in total. The standard InChI is InChI=1S/C13H19FN2O2/c1-17-12-4-2-3-9(13(12)14)7-11(16-15)10-5-6-18-8-10/h2-4,10-11,16H,5-8,15H2,1H3. The molecule has 0 radical (unpaired) electrons. The van der Waals surface area contributed by atoms with E-state index in [1.807, 2.05) is 0 Å². The van der Waals surface area contributed by atoms with Crippen molar-refractivity contribution in [2.24, 2.45) is 11.8 Å². The SMILES string of the molecule is COc1cccc(CC(NN)C2CCOC2)c1F. The molecule has 1 heterocycles. The highest BCUT2D eigenvalue weighted by molar-refractivity contribution is 5.31. The molecule has 1 aromatic rings. The fourth-order valence-electron chi connectivity index (χ4n) is 2.34. The number of nitrogens with two attached hydrogens (primary N) is 1. The van der Waals surface area contributed by atoms with Crippen LogP contribution in [0.3, 0.4) is 0 Å². The third kappa shape index (κ3) is 2.80. The van der Waals surface area contributed by atoms with Crippen LogP contribution in [0.5, 0.6) is 5.75 Å². The molecule has 1 fully saturated rings. The molecule has 0 saturated carbocycles. The molecular formula is C13H19FN2O2. The van der Waals surface area contributed by atoms with Crippen molar-refractivity contribution in [3.63, 3.8) is 0 Å². The first-order valence-corrected chi connectivity index (χ1v) is 6.11. The number of ether oxygens (including phenoxy) is 2. The average Bonchev–Trinajstić information content (AvgIpc) is 2.91. The first-order chi connectivity index (χ1) is 8.76. The van der Waals surface area contributed by atoms with E-state index in [0.29, 0.717) is 24.5 Å². The minimum atomic E-state index is -0.306. The summed E-state index contributed by atoms with van der Waals surface area (Å²) in [7, 11) is 1.46. The Kier molecular flexibility index (Phi) is 4.52. The van der Waals surface area contributed by atoms with Gasteiger partial charge in [-0.05, 0) is 24.5 Å². The van der Waals surface area contributed by atoms with Gasteiger partial charge in [-0.15, -0.1) is 0 Å². The van der Waals surface area contributed by atoms with E-state index in [1.165, 1.54) is 7.11 Å². The van der Waals surface area contributed by atoms with Crippen molar-refractivity contribution in [1.29, 1.82) is 0 Å². The van der Waals surface area contributed by atoms with Crippen molar-refractivity contribution >= 4 is 0 Å². The fraction of sp³-hybridized carbons (Fsp3) is 0.538. The van der Waals surface area contributed by atoms with Gasteiger partial charge in [0, 0.05) is 18.6 Å². The molecule has 100 valence electrons. The van der Waals surface area contributed by atoms with Crippen molar-refractivity contribution in [1.82, 2.24) is 5.43 Å². The van der Waals surface area contributed by atoms with Crippen LogP contribution in [0.25, 0.3) is 0 Å². The molecule has 5 heteroatoms. The minimum absolute atomic E-state index is 0.0223. The molecule has 1 aliphatic heterocycles. The van der Waals surface area contributed by atoms with E-state index in [2.05, 4.69) is 5.43 Å². The van der Waals surface area contributed by atoms with E-state index in [-0.39, 0.29) is 17.6 Å². The van der Waals surface area contributed by atoms with Gasteiger partial charge in [-0.25, -0.2) is 4.39 Å². The summed E-state index contributed by atoms with van der Waals surface area (Å²) in [6.07, 6.45) is 1.49. The van der Waals surface area contributed by atoms with Crippen molar-refractivity contribution in [3.8, 4) is 5.75 Å². The van der Waals surface area contributed by atoms with Crippen LogP contribution in [0.1, 0.15) is 12.0 Å². The van der Waals surface area contributed by atoms with E-state index in [4.69, 9.17) is 15.3 Å². The Morgan fingerprint density at radius 1 is 1.61 bits per heavy atom. The lowest BCUT2D eigenvalue weighted by Crippen LogP contribution is -2.42. The number of hydrogen-bond donors (Lipinski definition) is 2. The number of methoxy groups -OCH3 is 1. The molecule has 3 N–H and O–H groups in total. The Hall–Kier alpha value is -1.17. The van der Waals surface area contributed by atoms with Crippen LogP contribution in [0.15, 0.2) is 18.2 Å². The second-order valence-electron chi connectivity index (χ2n) is 4.53. The van der Waals surface area contributed by atoms with Gasteiger partial charge in [-0.1, -0.05) is 12.1 Å². The molecule has 2 unspecified atom stereocenters. The molecular weight excluding hydrogens is 235 g/mol. The minimum Gasteiger partial charge on any atom is -0.494 e. The Balaban J connectivity index is 2.11. The summed E-state index contributed by atoms with van der Waals surface area (Å²) in [5, 5.41) is 0. The summed E-state index contributed by atoms with van der Waals surface area (Å²) in [6, 6.07) is 5.19. The number of nitrogens with one attached hydrogen (secondary N) is 1. The van der Waals surface area contributed by atoms with Crippen LogP contribution < -0.4 is 16.0 Å². The highest BCUT2D eigenvalue weighted by atomic mass is 19.1. The highest BCUT2D eigenvalue weighted by Gasteiger charge is 2.26. The van der Waals surface area contributed by atoms with E-state index in [1.54, 1.807) is 18.2 Å². The molecule has 2 atom stereocenters. The molecule has 0 aliphatic carbocycles. The summed E-state index contributed by atoms with van der Waals surface area (Å²) >= 11 is 0. The molecule has 18 heavy (non-hydrogen) atoms. The summed E-state index contributed by atoms with van der Waals surface area (Å²) in [5.41, 5.74) is 3.38. The van der Waals surface area contributed by atoms with Crippen LogP contribution in [0, 0.1) is 11.7 Å². The zero-order valence-corrected chi connectivity index (χ0v) is 10.5. The molecule has 0 spiro atoms. The van der Waals surface area contributed by atoms with Crippen molar-refractivity contribution in [2.75, 3.05) is 20.3 Å². The van der Waals surface area contributed by atoms with Crippen LogP contribution in [0.2, 0.25) is 0 Å². The van der Waals surface area contributed by atoms with Gasteiger partial charge in [0.05, 0.1) is 13.7 Å². The molecule has 1 aliphatic rings. The molecule has 0 bridgehead atoms. The first kappa shape index (κ1) is 13.3. The lowest BCUT2D eigenvalue weighted by molar-refractivity contribution is 0.176. The van der Waals surface area contributed by atoms with Crippen LogP contribution in [-0.4, -0.2) is 26.4 Å². The summed E-state index contributed by atoms with van der Waals surface area (Å²) < 4.78 is 24.3. The zero-order chi connectivity index (χ0) is 13.0. The summed E-state index contributed by atoms with van der Waals surface area (Å²) in [6.45, 7) is 1.43. The van der Waals surface area contributed by atoms with E-state index < -0.39 is 0 Å². The van der Waals surface area contributed by atoms with Gasteiger partial charge < -0.3 is 9.47 Å². The Morgan fingerprint density at radius 3 is 3.06 bits per heavy atom. The van der Waals surface area contributed by atoms with Crippen molar-refractivity contribution in [3.05, 3.63) is 29.6 Å². The van der Waals surface area contributed by atoms with Gasteiger partial charge >= 0.3 is 0 Å². The van der Waals surface area contributed by atoms with Crippen LogP contribution in [0.4, 0.5) is 4.39 Å². The normalized spacial score (nSPS) is 20.9. The number of halogens is 1. The van der Waals surface area contributed by atoms with Crippen LogP contribution >= 0.6 is 0 Å². The Morgan fingerprint density at radius 2 is 2.44 bits per heavy atom. The van der Waals surface area contributed by atoms with Crippen molar-refractivity contribution in [2.45, 2.75) is 18.9 Å². The Labute approximate surface area is 106 Å². The monoisotopic (exact) mass is 254 g/mol. The quantitative estimate of drug-likeness (QED) is 0.613. The molecule has 0 amide bonds. The van der Waals surface area contributed by atoms with Crippen molar-refractivity contribution < 1.29 is 13.9 Å². The highest BCUT2D eigenvalue weighted by Crippen LogP contribution is 2.24. The fourth-order valence-corrected chi connectivity index (χ4v) is 2.34. The second kappa shape index (κ2) is 6.13. The van der Waals surface area contributed by atoms with Gasteiger partial charge in [0.1, 0.15) is 0 Å². The van der Waals surface area contributed by atoms with Gasteiger partial charge in [-0.3, -0.25) is 11.3 Å². The predicted octanol–water partition coefficient (Wildman–Crippen LogP) is 1.25. The predicted molar refractivity (Wildman–Crippen MR) is 66.7 cm³/mol. The summed E-state index contributed by atoms with van der Waals surface area (Å²) in [5.74, 6) is 5.86. The molecule has 1 aromatic carbocycles. The topological polar surface area (TPSA) is 56.5 Å². The molecule has 1 saturated heterocycles. The van der Waals surface area contributed by atoms with Gasteiger partial charge in [0.2, 0.25) is 0 Å². The number of hydrogen-bond acceptors (Lipinski definition) is 4. The van der Waals surface area contributed by atoms with E-state index >= 15 is 0 Å². The zero-order valence-electron chi connectivity index (χ0n) is 10.5. The number of hydrazine groups is 1. The largest absolute Gasteiger partial charge is 0.494 e. The Bertz CT molecular complexity index is 395. The first-order valence-electron chi connectivity index (χ1n) is 6.11. The third-order valence-corrected chi connectivity index (χ3v) is 3.45. The van der Waals surface area contributed by atoms with Crippen LogP contribution in [-0.2, 0) is 11.2 Å². The maximum atomic E-state index is 14.0. The second-order valence-corrected chi connectivity index (χ2v) is 4.53. The van der Waals surface area contributed by atoms with E-state index in [9.17, 15) is 4.39 Å². The molecule has 0 aromatic heterocycles. The summed E-state index contributed by atoms with van der Waals surface area (Å²) in [4.78, 5) is 0. The van der Waals surface area contributed by atoms with Gasteiger partial charge in [-0.2, -0.15) is 0 Å². The lowest BCUT2D eigenvalue weighted by atomic mass is 9.93. The maximum Gasteiger partial charge on any atom is 0.168 e. The average molecular weight is 254 g/mol. The van der Waals surface area contributed by atoms with E-state index in [0.717, 1.165) is 13.0 Å². The third-order valence-electron chi connectivity index (χ3n) is 3.45. The maximum absolute atomic E-state index is 14.0. The molecule has 2 rings (SSSR count). The smallest absolute Gasteiger partial charge is 0.168 e.